The molecule has 0 saturated heterocycles. The summed E-state index contributed by atoms with van der Waals surface area (Å²) in [6.45, 7) is 10.6. The van der Waals surface area contributed by atoms with Gasteiger partial charge < -0.3 is 24.6 Å². The van der Waals surface area contributed by atoms with Crippen molar-refractivity contribution >= 4 is 29.9 Å². The molecule has 1 aliphatic heterocycles. The van der Waals surface area contributed by atoms with Gasteiger partial charge in [-0.15, -0.1) is 24.0 Å². The van der Waals surface area contributed by atoms with Crippen LogP contribution in [0.5, 0.6) is 11.5 Å². The summed E-state index contributed by atoms with van der Waals surface area (Å²) >= 11 is 0. The number of hydrogen-bond donors (Lipinski definition) is 1. The summed E-state index contributed by atoms with van der Waals surface area (Å²) in [5, 5.41) is 3.53. The molecular formula is C21H37IN4O2. The van der Waals surface area contributed by atoms with Crippen molar-refractivity contribution in [2.24, 2.45) is 4.99 Å². The second kappa shape index (κ2) is 13.1. The zero-order valence-corrected chi connectivity index (χ0v) is 20.4. The first-order valence-corrected chi connectivity index (χ1v) is 10.1. The average molecular weight is 504 g/mol. The highest BCUT2D eigenvalue weighted by atomic mass is 127. The summed E-state index contributed by atoms with van der Waals surface area (Å²) in [5.74, 6) is 2.58. The SMILES string of the molecule is CCN(CC)CCCCNC(=NC)N1CCc2cc(OC)c(OC)cc2C1.I. The van der Waals surface area contributed by atoms with Gasteiger partial charge >= 0.3 is 0 Å². The monoisotopic (exact) mass is 504 g/mol. The van der Waals surface area contributed by atoms with Gasteiger partial charge in [-0.05, 0) is 62.2 Å². The lowest BCUT2D eigenvalue weighted by atomic mass is 9.99. The first-order chi connectivity index (χ1) is 13.2. The minimum absolute atomic E-state index is 0. The molecule has 0 atom stereocenters. The van der Waals surface area contributed by atoms with Gasteiger partial charge in [0.25, 0.3) is 0 Å². The van der Waals surface area contributed by atoms with E-state index in [1.165, 1.54) is 24.1 Å². The third-order valence-corrected chi connectivity index (χ3v) is 5.31. The first-order valence-electron chi connectivity index (χ1n) is 10.1. The van der Waals surface area contributed by atoms with Gasteiger partial charge in [-0.1, -0.05) is 13.8 Å². The fourth-order valence-corrected chi connectivity index (χ4v) is 3.60. The van der Waals surface area contributed by atoms with Crippen molar-refractivity contribution in [2.75, 3.05) is 54.0 Å². The minimum atomic E-state index is 0. The van der Waals surface area contributed by atoms with Crippen molar-refractivity contribution < 1.29 is 9.47 Å². The minimum Gasteiger partial charge on any atom is -0.493 e. The Labute approximate surface area is 187 Å². The van der Waals surface area contributed by atoms with Crippen LogP contribution in [0.4, 0.5) is 0 Å². The van der Waals surface area contributed by atoms with Crippen LogP contribution in [-0.4, -0.2) is 69.8 Å². The summed E-state index contributed by atoms with van der Waals surface area (Å²) in [5.41, 5.74) is 2.61. The Kier molecular flexibility index (Phi) is 11.6. The molecule has 1 aromatic rings. The van der Waals surface area contributed by atoms with E-state index < -0.39 is 0 Å². The highest BCUT2D eigenvalue weighted by molar-refractivity contribution is 14.0. The van der Waals surface area contributed by atoms with Gasteiger partial charge in [0, 0.05) is 26.7 Å². The van der Waals surface area contributed by atoms with Gasteiger partial charge in [0.05, 0.1) is 14.2 Å². The van der Waals surface area contributed by atoms with Crippen molar-refractivity contribution in [2.45, 2.75) is 39.7 Å². The maximum atomic E-state index is 5.46. The zero-order chi connectivity index (χ0) is 19.6. The van der Waals surface area contributed by atoms with Crippen molar-refractivity contribution in [3.05, 3.63) is 23.3 Å². The molecule has 0 unspecified atom stereocenters. The number of hydrogen-bond acceptors (Lipinski definition) is 4. The Morgan fingerprint density at radius 3 is 2.32 bits per heavy atom. The molecule has 0 spiro atoms. The third kappa shape index (κ3) is 6.69. The van der Waals surface area contributed by atoms with E-state index in [0.29, 0.717) is 0 Å². The topological polar surface area (TPSA) is 49.3 Å². The smallest absolute Gasteiger partial charge is 0.193 e. The molecule has 0 fully saturated rings. The van der Waals surface area contributed by atoms with Crippen molar-refractivity contribution in [3.63, 3.8) is 0 Å². The Morgan fingerprint density at radius 2 is 1.75 bits per heavy atom. The maximum absolute atomic E-state index is 5.46. The van der Waals surface area contributed by atoms with Crippen molar-refractivity contribution in [1.29, 1.82) is 0 Å². The molecule has 7 heteroatoms. The summed E-state index contributed by atoms with van der Waals surface area (Å²) in [6, 6.07) is 4.20. The van der Waals surface area contributed by atoms with Crippen LogP contribution >= 0.6 is 24.0 Å². The van der Waals surface area contributed by atoms with Gasteiger partial charge in [-0.2, -0.15) is 0 Å². The van der Waals surface area contributed by atoms with E-state index in [1.807, 2.05) is 7.05 Å². The van der Waals surface area contributed by atoms with Crippen LogP contribution < -0.4 is 14.8 Å². The Balaban J connectivity index is 0.00000392. The number of rotatable bonds is 9. The number of halogens is 1. The predicted octanol–water partition coefficient (Wildman–Crippen LogP) is 3.38. The highest BCUT2D eigenvalue weighted by Gasteiger charge is 2.21. The molecular weight excluding hydrogens is 467 g/mol. The van der Waals surface area contributed by atoms with Crippen LogP contribution in [0.1, 0.15) is 37.8 Å². The molecule has 1 N–H and O–H groups in total. The Hall–Kier alpha value is -1.22. The van der Waals surface area contributed by atoms with Gasteiger partial charge in [-0.3, -0.25) is 4.99 Å². The number of aliphatic imine (C=N–C) groups is 1. The molecule has 28 heavy (non-hydrogen) atoms. The normalized spacial score (nSPS) is 13.8. The van der Waals surface area contributed by atoms with E-state index >= 15 is 0 Å². The van der Waals surface area contributed by atoms with Gasteiger partial charge in [0.2, 0.25) is 0 Å². The van der Waals surface area contributed by atoms with E-state index in [0.717, 1.165) is 63.0 Å². The lowest BCUT2D eigenvalue weighted by Crippen LogP contribution is -2.44. The van der Waals surface area contributed by atoms with E-state index in [2.05, 4.69) is 46.1 Å². The van der Waals surface area contributed by atoms with Gasteiger partial charge in [0.1, 0.15) is 0 Å². The summed E-state index contributed by atoms with van der Waals surface area (Å²) in [7, 11) is 5.23. The van der Waals surface area contributed by atoms with E-state index in [9.17, 15) is 0 Å². The van der Waals surface area contributed by atoms with Crippen LogP contribution in [0.2, 0.25) is 0 Å². The van der Waals surface area contributed by atoms with Gasteiger partial charge in [-0.25, -0.2) is 0 Å². The van der Waals surface area contributed by atoms with E-state index in [-0.39, 0.29) is 24.0 Å². The van der Waals surface area contributed by atoms with E-state index in [1.54, 1.807) is 14.2 Å². The number of unbranched alkanes of at least 4 members (excludes halogenated alkanes) is 1. The van der Waals surface area contributed by atoms with E-state index in [4.69, 9.17) is 9.47 Å². The molecule has 6 nitrogen and oxygen atoms in total. The molecule has 0 amide bonds. The quantitative estimate of drug-likeness (QED) is 0.242. The lowest BCUT2D eigenvalue weighted by molar-refractivity contribution is 0.296. The summed E-state index contributed by atoms with van der Waals surface area (Å²) in [4.78, 5) is 9.28. The molecule has 0 aliphatic carbocycles. The maximum Gasteiger partial charge on any atom is 0.193 e. The van der Waals surface area contributed by atoms with Crippen molar-refractivity contribution in [3.8, 4) is 11.5 Å². The predicted molar refractivity (Wildman–Crippen MR) is 127 cm³/mol. The fraction of sp³-hybridized carbons (Fsp3) is 0.667. The van der Waals surface area contributed by atoms with Crippen LogP contribution in [0.25, 0.3) is 0 Å². The molecule has 1 heterocycles. The molecule has 2 rings (SSSR count). The summed E-state index contributed by atoms with van der Waals surface area (Å²) < 4.78 is 10.9. The molecule has 0 radical (unpaired) electrons. The number of methoxy groups -OCH3 is 2. The van der Waals surface area contributed by atoms with Gasteiger partial charge in [0.15, 0.2) is 17.5 Å². The molecule has 0 aromatic heterocycles. The Morgan fingerprint density at radius 1 is 1.11 bits per heavy atom. The molecule has 160 valence electrons. The highest BCUT2D eigenvalue weighted by Crippen LogP contribution is 2.33. The average Bonchev–Trinajstić information content (AvgIpc) is 2.72. The van der Waals surface area contributed by atoms with Crippen LogP contribution in [0.15, 0.2) is 17.1 Å². The third-order valence-electron chi connectivity index (χ3n) is 5.31. The van der Waals surface area contributed by atoms with Crippen molar-refractivity contribution in [1.82, 2.24) is 15.1 Å². The largest absolute Gasteiger partial charge is 0.493 e. The molecule has 0 saturated carbocycles. The fourth-order valence-electron chi connectivity index (χ4n) is 3.60. The molecule has 0 bridgehead atoms. The number of benzene rings is 1. The molecule has 1 aromatic carbocycles. The van der Waals surface area contributed by atoms with Crippen LogP contribution in [0, 0.1) is 0 Å². The first kappa shape index (κ1) is 24.8. The second-order valence-corrected chi connectivity index (χ2v) is 6.86. The standard InChI is InChI=1S/C21H36N4O2.HI/c1-6-24(7-2)12-9-8-11-23-21(22-3)25-13-10-17-14-19(26-4)20(27-5)15-18(17)16-25;/h14-15H,6-13,16H2,1-5H3,(H,22,23);1H. The van der Waals surface area contributed by atoms with Crippen LogP contribution in [-0.2, 0) is 13.0 Å². The number of ether oxygens (including phenoxy) is 2. The number of nitrogens with one attached hydrogen (secondary N) is 1. The van der Waals surface area contributed by atoms with Crippen LogP contribution in [0.3, 0.4) is 0 Å². The number of nitrogens with zero attached hydrogens (tertiary/aromatic N) is 3. The molecule has 1 aliphatic rings. The summed E-state index contributed by atoms with van der Waals surface area (Å²) in [6.07, 6.45) is 3.36. The lowest BCUT2D eigenvalue weighted by Gasteiger charge is -2.32. The zero-order valence-electron chi connectivity index (χ0n) is 18.1. The second-order valence-electron chi connectivity index (χ2n) is 6.86. The number of fused-ring (bicyclic) bond motifs is 1. The number of guanidine groups is 1. The Bertz CT molecular complexity index is 621.